The van der Waals surface area contributed by atoms with Gasteiger partial charge < -0.3 is 21.2 Å². The fourth-order valence-electron chi connectivity index (χ4n) is 12.7. The molecule has 1 radical (unpaired) electrons. The molecule has 0 aliphatic carbocycles. The van der Waals surface area contributed by atoms with Crippen LogP contribution in [0.25, 0.3) is 144 Å². The van der Waals surface area contributed by atoms with Crippen molar-refractivity contribution in [3.05, 3.63) is 267 Å². The third kappa shape index (κ3) is 10.1. The van der Waals surface area contributed by atoms with Crippen molar-refractivity contribution in [3.8, 4) is 89.1 Å². The van der Waals surface area contributed by atoms with Crippen LogP contribution in [-0.4, -0.2) is 33.7 Å². The molecule has 431 valence electrons. The molecule has 0 aliphatic heterocycles. The van der Waals surface area contributed by atoms with Gasteiger partial charge in [-0.2, -0.15) is 0 Å². The summed E-state index contributed by atoms with van der Waals surface area (Å²) in [4.78, 5) is 26.0. The van der Waals surface area contributed by atoms with Crippen molar-refractivity contribution in [3.63, 3.8) is 0 Å². The minimum absolute atomic E-state index is 0. The van der Waals surface area contributed by atoms with Gasteiger partial charge in [-0.15, -0.1) is 72.3 Å². The summed E-state index contributed by atoms with van der Waals surface area (Å²) < 4.78 is 4.27. The Morgan fingerprint density at radius 3 is 1.38 bits per heavy atom. The van der Waals surface area contributed by atoms with E-state index in [4.69, 9.17) is 24.9 Å². The topological polar surface area (TPSA) is 73.3 Å². The molecule has 0 saturated heterocycles. The van der Waals surface area contributed by atoms with E-state index in [1.807, 2.05) is 32.0 Å². The van der Waals surface area contributed by atoms with Crippen molar-refractivity contribution in [2.24, 2.45) is 0 Å². The predicted molar refractivity (Wildman–Crippen MR) is 361 cm³/mol. The molecular weight excluding hydrogens is 1250 g/mol. The summed E-state index contributed by atoms with van der Waals surface area (Å²) in [5.74, 6) is 1.91. The molecule has 10 aromatic carbocycles. The zero-order valence-electron chi connectivity index (χ0n) is 50.7. The van der Waals surface area contributed by atoms with Gasteiger partial charge in [0.2, 0.25) is 0 Å². The molecule has 5 aromatic heterocycles. The van der Waals surface area contributed by atoms with E-state index in [2.05, 4.69) is 269 Å². The van der Waals surface area contributed by atoms with Crippen molar-refractivity contribution in [2.75, 3.05) is 0 Å². The summed E-state index contributed by atoms with van der Waals surface area (Å²) in [6.45, 7) is 17.3. The van der Waals surface area contributed by atoms with Crippen LogP contribution in [0.2, 0.25) is 0 Å². The fraction of sp³-hybridized carbons (Fsp3) is 0.125. The van der Waals surface area contributed by atoms with Gasteiger partial charge in [0.1, 0.15) is 11.6 Å². The Morgan fingerprint density at radius 1 is 0.386 bits per heavy atom. The average molecular weight is 1310 g/mol. The maximum absolute atomic E-state index is 5.36. The number of hydrogen-bond acceptors (Lipinski definition) is 5. The second-order valence-corrected chi connectivity index (χ2v) is 24.9. The van der Waals surface area contributed by atoms with Crippen LogP contribution < -0.4 is 0 Å². The average Bonchev–Trinajstić information content (AvgIpc) is 1.70. The number of rotatable bonds is 8. The van der Waals surface area contributed by atoms with E-state index in [0.717, 1.165) is 145 Å². The van der Waals surface area contributed by atoms with Crippen molar-refractivity contribution in [2.45, 2.75) is 66.2 Å². The molecule has 8 heteroatoms. The van der Waals surface area contributed by atoms with E-state index in [0.29, 0.717) is 0 Å². The van der Waals surface area contributed by atoms with Crippen LogP contribution in [-0.2, 0) is 30.9 Å². The first-order chi connectivity index (χ1) is 41.7. The van der Waals surface area contributed by atoms with Crippen LogP contribution in [0.3, 0.4) is 0 Å². The summed E-state index contributed by atoms with van der Waals surface area (Å²) >= 11 is 0. The summed E-state index contributed by atoms with van der Waals surface area (Å²) in [5.41, 5.74) is 21.6. The first-order valence-electron chi connectivity index (χ1n) is 29.5. The molecule has 0 fully saturated rings. The predicted octanol–water partition coefficient (Wildman–Crippen LogP) is 20.2. The van der Waals surface area contributed by atoms with Gasteiger partial charge >= 0.3 is 0 Å². The van der Waals surface area contributed by atoms with E-state index >= 15 is 0 Å². The van der Waals surface area contributed by atoms with Gasteiger partial charge in [-0.1, -0.05) is 202 Å². The Kier molecular flexibility index (Phi) is 14.5. The monoisotopic (exact) mass is 1310 g/mol. The molecule has 0 amide bonds. The third-order valence-electron chi connectivity index (χ3n) is 16.7. The molecule has 0 saturated carbocycles. The molecule has 88 heavy (non-hydrogen) atoms. The summed E-state index contributed by atoms with van der Waals surface area (Å²) in [6.07, 6.45) is 6.22. The van der Waals surface area contributed by atoms with Crippen molar-refractivity contribution >= 4 is 54.6 Å². The molecule has 0 spiro atoms. The van der Waals surface area contributed by atoms with Crippen LogP contribution in [0.15, 0.2) is 219 Å². The molecule has 15 aromatic rings. The van der Waals surface area contributed by atoms with Gasteiger partial charge in [0, 0.05) is 66.5 Å². The summed E-state index contributed by atoms with van der Waals surface area (Å²) in [5, 5.41) is 6.65. The molecular formula is C80H63IrN7-4. The quantitative estimate of drug-likeness (QED) is 0.112. The first-order valence-corrected chi connectivity index (χ1v) is 29.5. The largest absolute Gasteiger partial charge is 0.358 e. The second kappa shape index (κ2) is 22.2. The maximum atomic E-state index is 5.36. The van der Waals surface area contributed by atoms with Gasteiger partial charge in [-0.25, -0.2) is 0 Å². The zero-order valence-corrected chi connectivity index (χ0v) is 53.1. The summed E-state index contributed by atoms with van der Waals surface area (Å²) in [6, 6.07) is 83.1. The Balaban J connectivity index is 0.00000357. The van der Waals surface area contributed by atoms with Gasteiger partial charge in [0.05, 0.1) is 11.3 Å². The van der Waals surface area contributed by atoms with Gasteiger partial charge in [-0.05, 0) is 126 Å². The van der Waals surface area contributed by atoms with Crippen molar-refractivity contribution < 1.29 is 20.1 Å². The third-order valence-corrected chi connectivity index (χ3v) is 16.7. The maximum Gasteiger partial charge on any atom is 0.101 e. The van der Waals surface area contributed by atoms with Crippen LogP contribution in [0.4, 0.5) is 0 Å². The molecule has 5 heterocycles. The van der Waals surface area contributed by atoms with Crippen LogP contribution >= 0.6 is 0 Å². The minimum Gasteiger partial charge on any atom is -0.358 e. The molecule has 7 nitrogen and oxygen atoms in total. The van der Waals surface area contributed by atoms with Gasteiger partial charge in [0.25, 0.3) is 0 Å². The first kappa shape index (κ1) is 57.4. The number of imidazole rings is 2. The number of aromatic nitrogens is 7. The Hall–Kier alpha value is -9.72. The number of pyridine rings is 1. The van der Waals surface area contributed by atoms with E-state index in [1.54, 1.807) is 0 Å². The molecule has 0 atom stereocenters. The SMILES string of the molecule is Cc1cn2c(C(C)(C)C)nc3cc(-c4ccccc4-c4cc(-c5ccccc5-c5c[c-]c6c(c5)nc(C(C)(C)C)n5cc(C)nc65)cc(-c5ccccc5-c5cnc(-c6[c-]cccc6)cc5-c5ccc6c(ccc7ccccc76)c5)c4)c[c-]c3c2n1.[CH3-].[Ir]. The Labute approximate surface area is 527 Å². The van der Waals surface area contributed by atoms with E-state index in [9.17, 15) is 0 Å². The fourth-order valence-corrected chi connectivity index (χ4v) is 12.7. The minimum atomic E-state index is -0.233. The van der Waals surface area contributed by atoms with Crippen LogP contribution in [0, 0.1) is 39.5 Å². The number of nitrogens with zero attached hydrogens (tertiary/aromatic N) is 7. The second-order valence-electron chi connectivity index (χ2n) is 24.9. The Morgan fingerprint density at radius 2 is 0.852 bits per heavy atom. The van der Waals surface area contributed by atoms with Crippen molar-refractivity contribution in [1.82, 2.24) is 33.7 Å². The number of hydrogen-bond donors (Lipinski definition) is 0. The number of aryl methyl sites for hydroxylation is 2. The van der Waals surface area contributed by atoms with E-state index in [-0.39, 0.29) is 38.4 Å². The smallest absolute Gasteiger partial charge is 0.101 e. The van der Waals surface area contributed by atoms with Gasteiger partial charge in [-0.3, -0.25) is 19.9 Å². The van der Waals surface area contributed by atoms with Crippen LogP contribution in [0.5, 0.6) is 0 Å². The van der Waals surface area contributed by atoms with Crippen LogP contribution in [0.1, 0.15) is 64.6 Å². The normalized spacial score (nSPS) is 11.9. The summed E-state index contributed by atoms with van der Waals surface area (Å²) in [7, 11) is 0. The zero-order chi connectivity index (χ0) is 58.6. The van der Waals surface area contributed by atoms with E-state index < -0.39 is 0 Å². The Bertz CT molecular complexity index is 5030. The molecule has 0 unspecified atom stereocenters. The molecule has 0 bridgehead atoms. The van der Waals surface area contributed by atoms with Crippen molar-refractivity contribution in [1.29, 1.82) is 0 Å². The molecule has 0 aliphatic rings. The molecule has 0 N–H and O–H groups in total. The van der Waals surface area contributed by atoms with Gasteiger partial charge in [0.15, 0.2) is 0 Å². The molecule has 15 rings (SSSR count). The number of benzene rings is 10. The number of fused-ring (bicyclic) bond motifs is 9. The van der Waals surface area contributed by atoms with E-state index in [1.165, 1.54) is 21.5 Å². The standard InChI is InChI=1S/C79H60N7.CH3.Ir/c1-48-46-85-74(81-48)67-36-33-54(42-72(67)83-76(85)78(3,4)5)60-24-14-16-26-62(60)56-39-57(63-27-17-15-25-61(63)55-34-37-68-73(43-55)84-77(79(6,7)8)86-47-49(2)82-75(68)86)41-58(40-56)64-28-18-19-29-66(64)70-45-80-71(51-21-10-9-11-22-51)44-69(70)53-32-35-65-52(38-53)31-30-50-20-12-13-23-59(50)65;;/h9-21,23-35,38-47H,1-8H3;1H3;/q-3;-1;.